The van der Waals surface area contributed by atoms with Gasteiger partial charge in [-0.3, -0.25) is 14.5 Å². The van der Waals surface area contributed by atoms with Crippen LogP contribution >= 0.6 is 0 Å². The Bertz CT molecular complexity index is 1260. The number of hydrogen-bond acceptors (Lipinski definition) is 10. The number of azo groups is 1. The number of benzene rings is 2. The second-order valence-corrected chi connectivity index (χ2v) is 7.98. The number of phenols is 2. The number of nitrogens with zero attached hydrogens (tertiary/aromatic N) is 4. The molecular formula is C14H11N5O8S2. The highest BCUT2D eigenvalue weighted by Crippen LogP contribution is 2.29. The smallest absolute Gasteiger partial charge is 0.294 e. The van der Waals surface area contributed by atoms with Gasteiger partial charge in [0, 0.05) is 0 Å². The standard InChI is InChI=1S/C14H11N5O8S2/c15-7-14(18-16-10-5-8(28(22,23)24)1-3-12(10)20)19-17-11-6-9(29(25,26)27)2-4-13(11)21/h1-6,16,20-21H,(H,22,23,24)(H,25,26,27)/b18-14+,19-17+. The molecule has 0 aliphatic heterocycles. The minimum absolute atomic E-state index is 0.292. The first-order valence-electron chi connectivity index (χ1n) is 7.18. The van der Waals surface area contributed by atoms with Gasteiger partial charge >= 0.3 is 0 Å². The molecule has 2 rings (SSSR count). The predicted molar refractivity (Wildman–Crippen MR) is 97.0 cm³/mol. The van der Waals surface area contributed by atoms with Gasteiger partial charge in [0.05, 0.1) is 15.5 Å². The number of nitriles is 1. The zero-order chi connectivity index (χ0) is 21.8. The van der Waals surface area contributed by atoms with E-state index in [-0.39, 0.29) is 5.69 Å². The maximum atomic E-state index is 11.1. The van der Waals surface area contributed by atoms with Gasteiger partial charge < -0.3 is 10.2 Å². The van der Waals surface area contributed by atoms with Crippen LogP contribution in [0.25, 0.3) is 0 Å². The highest BCUT2D eigenvalue weighted by atomic mass is 32.2. The Balaban J connectivity index is 2.32. The molecule has 0 heterocycles. The van der Waals surface area contributed by atoms with Crippen LogP contribution in [-0.4, -0.2) is 42.0 Å². The van der Waals surface area contributed by atoms with Crippen molar-refractivity contribution in [3.63, 3.8) is 0 Å². The van der Waals surface area contributed by atoms with Crippen molar-refractivity contribution in [2.24, 2.45) is 15.3 Å². The normalized spacial score (nSPS) is 12.7. The Labute approximate surface area is 163 Å². The third-order valence-corrected chi connectivity index (χ3v) is 4.84. The third-order valence-electron chi connectivity index (χ3n) is 3.15. The molecular weight excluding hydrogens is 430 g/mol. The first kappa shape index (κ1) is 21.7. The Morgan fingerprint density at radius 3 is 2.03 bits per heavy atom. The molecule has 0 saturated heterocycles. The Morgan fingerprint density at radius 1 is 0.931 bits per heavy atom. The minimum Gasteiger partial charge on any atom is -0.506 e. The molecule has 0 radical (unpaired) electrons. The summed E-state index contributed by atoms with van der Waals surface area (Å²) in [4.78, 5) is -1.13. The highest BCUT2D eigenvalue weighted by molar-refractivity contribution is 7.86. The number of nitrogens with one attached hydrogen (secondary N) is 1. The van der Waals surface area contributed by atoms with Crippen LogP contribution in [0.4, 0.5) is 11.4 Å². The molecule has 0 saturated carbocycles. The van der Waals surface area contributed by atoms with Crippen molar-refractivity contribution in [1.29, 1.82) is 5.26 Å². The Morgan fingerprint density at radius 2 is 1.48 bits per heavy atom. The van der Waals surface area contributed by atoms with Gasteiger partial charge in [0.2, 0.25) is 0 Å². The molecule has 152 valence electrons. The summed E-state index contributed by atoms with van der Waals surface area (Å²) >= 11 is 0. The van der Waals surface area contributed by atoms with E-state index in [9.17, 15) is 27.0 Å². The number of amidine groups is 1. The topological polar surface area (TPSA) is 222 Å². The van der Waals surface area contributed by atoms with Gasteiger partial charge in [-0.05, 0) is 36.4 Å². The number of rotatable bonds is 5. The molecule has 0 aliphatic rings. The van der Waals surface area contributed by atoms with E-state index in [0.717, 1.165) is 36.4 Å². The lowest BCUT2D eigenvalue weighted by Crippen LogP contribution is -2.01. The summed E-state index contributed by atoms with van der Waals surface area (Å²) in [6.45, 7) is 0. The average molecular weight is 441 g/mol. The molecule has 15 heteroatoms. The first-order valence-corrected chi connectivity index (χ1v) is 10.1. The number of hydrazone groups is 1. The van der Waals surface area contributed by atoms with E-state index in [1.54, 1.807) is 0 Å². The second kappa shape index (κ2) is 8.20. The van der Waals surface area contributed by atoms with Crippen LogP contribution < -0.4 is 5.43 Å². The molecule has 0 atom stereocenters. The molecule has 13 nitrogen and oxygen atoms in total. The fraction of sp³-hybridized carbons (Fsp3) is 0. The molecule has 0 amide bonds. The summed E-state index contributed by atoms with van der Waals surface area (Å²) in [7, 11) is -9.13. The van der Waals surface area contributed by atoms with Crippen LogP contribution in [0.1, 0.15) is 0 Å². The molecule has 0 aromatic heterocycles. The Kier molecular flexibility index (Phi) is 6.14. The molecule has 5 N–H and O–H groups in total. The van der Waals surface area contributed by atoms with Crippen molar-refractivity contribution >= 4 is 37.4 Å². The maximum Gasteiger partial charge on any atom is 0.294 e. The third kappa shape index (κ3) is 5.70. The van der Waals surface area contributed by atoms with Crippen LogP contribution in [0.15, 0.2) is 61.5 Å². The SMILES string of the molecule is N#CC(/N=N/c1cc(S(=O)(=O)O)ccc1O)=N\Nc1cc(S(=O)(=O)O)ccc1O. The molecule has 0 fully saturated rings. The summed E-state index contributed by atoms with van der Waals surface area (Å²) in [5, 5.41) is 38.7. The highest BCUT2D eigenvalue weighted by Gasteiger charge is 2.14. The van der Waals surface area contributed by atoms with Crippen LogP contribution in [0.2, 0.25) is 0 Å². The first-order chi connectivity index (χ1) is 13.4. The summed E-state index contributed by atoms with van der Waals surface area (Å²) < 4.78 is 62.5. The van der Waals surface area contributed by atoms with Crippen molar-refractivity contribution in [3.05, 3.63) is 36.4 Å². The van der Waals surface area contributed by atoms with Gasteiger partial charge in [-0.1, -0.05) is 0 Å². The number of hydrogen-bond donors (Lipinski definition) is 5. The van der Waals surface area contributed by atoms with E-state index >= 15 is 0 Å². The van der Waals surface area contributed by atoms with Crippen molar-refractivity contribution in [3.8, 4) is 17.6 Å². The van der Waals surface area contributed by atoms with Crippen LogP contribution in [0, 0.1) is 11.3 Å². The molecule has 0 spiro atoms. The van der Waals surface area contributed by atoms with Crippen molar-refractivity contribution in [1.82, 2.24) is 0 Å². The van der Waals surface area contributed by atoms with E-state index in [1.807, 2.05) is 0 Å². The van der Waals surface area contributed by atoms with E-state index in [0.29, 0.717) is 0 Å². The van der Waals surface area contributed by atoms with Gasteiger partial charge in [-0.2, -0.15) is 22.1 Å². The summed E-state index contributed by atoms with van der Waals surface area (Å²) in [6, 6.07) is 6.84. The molecule has 29 heavy (non-hydrogen) atoms. The lowest BCUT2D eigenvalue weighted by molar-refractivity contribution is 0.472. The van der Waals surface area contributed by atoms with Gasteiger partial charge in [0.25, 0.3) is 26.1 Å². The lowest BCUT2D eigenvalue weighted by Gasteiger charge is -2.05. The molecule has 2 aromatic rings. The van der Waals surface area contributed by atoms with Crippen LogP contribution in [0.5, 0.6) is 11.5 Å². The zero-order valence-corrected chi connectivity index (χ0v) is 15.6. The summed E-state index contributed by atoms with van der Waals surface area (Å²) in [5.74, 6) is -1.64. The molecule has 2 aromatic carbocycles. The zero-order valence-electron chi connectivity index (χ0n) is 14.0. The monoisotopic (exact) mass is 441 g/mol. The Hall–Kier alpha value is -3.58. The number of aromatic hydroxyl groups is 2. The predicted octanol–water partition coefficient (Wildman–Crippen LogP) is 1.62. The number of phenolic OH excluding ortho intramolecular Hbond substituents is 2. The summed E-state index contributed by atoms with van der Waals surface area (Å²) in [6.07, 6.45) is 0. The minimum atomic E-state index is -4.57. The molecule has 0 bridgehead atoms. The molecule has 0 aliphatic carbocycles. The maximum absolute atomic E-state index is 11.1. The van der Waals surface area contributed by atoms with Crippen LogP contribution in [-0.2, 0) is 20.2 Å². The van der Waals surface area contributed by atoms with Crippen molar-refractivity contribution in [2.75, 3.05) is 5.43 Å². The fourth-order valence-corrected chi connectivity index (χ4v) is 2.80. The molecule has 0 unspecified atom stereocenters. The van der Waals surface area contributed by atoms with Gasteiger partial charge in [-0.25, -0.2) is 0 Å². The van der Waals surface area contributed by atoms with E-state index in [1.165, 1.54) is 6.07 Å². The van der Waals surface area contributed by atoms with Crippen molar-refractivity contribution < 1.29 is 36.2 Å². The van der Waals surface area contributed by atoms with Gasteiger partial charge in [-0.15, -0.1) is 15.3 Å². The lowest BCUT2D eigenvalue weighted by atomic mass is 10.3. The largest absolute Gasteiger partial charge is 0.506 e. The van der Waals surface area contributed by atoms with Crippen LogP contribution in [0.3, 0.4) is 0 Å². The van der Waals surface area contributed by atoms with Crippen molar-refractivity contribution in [2.45, 2.75) is 9.79 Å². The van der Waals surface area contributed by atoms with E-state index < -0.39 is 53.0 Å². The van der Waals surface area contributed by atoms with Gasteiger partial charge in [0.15, 0.2) is 0 Å². The quantitative estimate of drug-likeness (QED) is 0.113. The summed E-state index contributed by atoms with van der Waals surface area (Å²) in [5.41, 5.74) is 1.45. The van der Waals surface area contributed by atoms with Gasteiger partial charge in [0.1, 0.15) is 23.3 Å². The average Bonchev–Trinajstić information content (AvgIpc) is 2.62. The van der Waals surface area contributed by atoms with E-state index in [2.05, 4.69) is 20.8 Å². The van der Waals surface area contributed by atoms with E-state index in [4.69, 9.17) is 14.4 Å². The second-order valence-electron chi connectivity index (χ2n) is 5.14. The fourth-order valence-electron chi connectivity index (χ4n) is 1.79. The number of anilines is 1.